The molecule has 0 aromatic carbocycles. The fraction of sp³-hybridized carbons (Fsp3) is 0.833. The molecule has 78 valence electrons. The summed E-state index contributed by atoms with van der Waals surface area (Å²) in [4.78, 5) is 10.1. The van der Waals surface area contributed by atoms with Gasteiger partial charge in [0.2, 0.25) is 0 Å². The van der Waals surface area contributed by atoms with Crippen LogP contribution in [0.25, 0.3) is 0 Å². The normalized spacial score (nSPS) is 13.0. The SMILES string of the molecule is O=C(O)C(O)(O)CCCC(O)(O)O. The second kappa shape index (κ2) is 3.99. The van der Waals surface area contributed by atoms with Crippen LogP contribution in [-0.2, 0) is 4.79 Å². The molecule has 0 unspecified atom stereocenters. The van der Waals surface area contributed by atoms with Crippen molar-refractivity contribution in [2.75, 3.05) is 0 Å². The Morgan fingerprint density at radius 3 is 1.77 bits per heavy atom. The summed E-state index contributed by atoms with van der Waals surface area (Å²) in [6.45, 7) is 0. The van der Waals surface area contributed by atoms with Crippen molar-refractivity contribution in [1.82, 2.24) is 0 Å². The van der Waals surface area contributed by atoms with Gasteiger partial charge in [0.05, 0.1) is 0 Å². The molecule has 0 heterocycles. The van der Waals surface area contributed by atoms with Gasteiger partial charge in [-0.3, -0.25) is 0 Å². The average Bonchev–Trinajstić information content (AvgIpc) is 1.82. The van der Waals surface area contributed by atoms with Gasteiger partial charge in [-0.1, -0.05) is 0 Å². The Bertz CT molecular complexity index is 180. The van der Waals surface area contributed by atoms with E-state index in [0.717, 1.165) is 0 Å². The van der Waals surface area contributed by atoms with E-state index in [4.69, 9.17) is 30.6 Å². The summed E-state index contributed by atoms with van der Waals surface area (Å²) >= 11 is 0. The van der Waals surface area contributed by atoms with Gasteiger partial charge in [-0.2, -0.15) is 0 Å². The highest BCUT2D eigenvalue weighted by Gasteiger charge is 2.33. The number of aliphatic carboxylic acids is 1. The first-order chi connectivity index (χ1) is 5.65. The number of carboxylic acids is 1. The van der Waals surface area contributed by atoms with Crippen LogP contribution in [0.2, 0.25) is 0 Å². The van der Waals surface area contributed by atoms with Crippen molar-refractivity contribution in [1.29, 1.82) is 0 Å². The Kier molecular flexibility index (Phi) is 3.76. The summed E-state index contributed by atoms with van der Waals surface area (Å²) in [5.41, 5.74) is 0. The van der Waals surface area contributed by atoms with Gasteiger partial charge in [-0.15, -0.1) is 0 Å². The van der Waals surface area contributed by atoms with Crippen LogP contribution in [0.3, 0.4) is 0 Å². The van der Waals surface area contributed by atoms with Crippen LogP contribution in [0.5, 0.6) is 0 Å². The zero-order chi connectivity index (χ0) is 10.7. The van der Waals surface area contributed by atoms with Gasteiger partial charge < -0.3 is 30.6 Å². The molecule has 0 saturated carbocycles. The molecule has 13 heavy (non-hydrogen) atoms. The number of rotatable bonds is 5. The van der Waals surface area contributed by atoms with Crippen molar-refractivity contribution in [3.63, 3.8) is 0 Å². The Hall–Kier alpha value is -0.730. The van der Waals surface area contributed by atoms with E-state index >= 15 is 0 Å². The number of aliphatic hydroxyl groups is 5. The topological polar surface area (TPSA) is 138 Å². The van der Waals surface area contributed by atoms with Crippen molar-refractivity contribution in [2.24, 2.45) is 0 Å². The maximum Gasteiger partial charge on any atom is 0.364 e. The van der Waals surface area contributed by atoms with Crippen LogP contribution in [0.15, 0.2) is 0 Å². The zero-order valence-corrected chi connectivity index (χ0v) is 6.71. The standard InChI is InChI=1S/C6H12O7/c7-4(8)5(9,10)2-1-3-6(11,12)13/h9-13H,1-3H2,(H,7,8). The predicted octanol–water partition coefficient (Wildman–Crippen LogP) is -2.45. The molecule has 0 amide bonds. The molecule has 7 nitrogen and oxygen atoms in total. The maximum atomic E-state index is 10.1. The first-order valence-electron chi connectivity index (χ1n) is 3.50. The summed E-state index contributed by atoms with van der Waals surface area (Å²) < 4.78 is 0. The van der Waals surface area contributed by atoms with Crippen molar-refractivity contribution in [3.05, 3.63) is 0 Å². The van der Waals surface area contributed by atoms with Crippen LogP contribution in [0.4, 0.5) is 0 Å². The van der Waals surface area contributed by atoms with Crippen molar-refractivity contribution in [3.8, 4) is 0 Å². The molecular formula is C6H12O7. The minimum absolute atomic E-state index is 0.261. The fourth-order valence-electron chi connectivity index (χ4n) is 0.679. The Labute approximate surface area is 73.5 Å². The third-order valence-corrected chi connectivity index (χ3v) is 1.38. The number of carbonyl (C=O) groups is 1. The Morgan fingerprint density at radius 2 is 1.46 bits per heavy atom. The number of carboxylic acid groups (broad SMARTS) is 1. The van der Waals surface area contributed by atoms with E-state index in [0.29, 0.717) is 0 Å². The molecule has 0 spiro atoms. The molecule has 0 aliphatic carbocycles. The van der Waals surface area contributed by atoms with Crippen molar-refractivity contribution >= 4 is 5.97 Å². The van der Waals surface area contributed by atoms with Crippen LogP contribution >= 0.6 is 0 Å². The lowest BCUT2D eigenvalue weighted by atomic mass is 10.1. The van der Waals surface area contributed by atoms with E-state index in [-0.39, 0.29) is 6.42 Å². The predicted molar refractivity (Wildman–Crippen MR) is 38.0 cm³/mol. The third-order valence-electron chi connectivity index (χ3n) is 1.38. The quantitative estimate of drug-likeness (QED) is 0.268. The first-order valence-corrected chi connectivity index (χ1v) is 3.50. The minimum atomic E-state index is -2.91. The van der Waals surface area contributed by atoms with Crippen LogP contribution in [-0.4, -0.2) is 48.4 Å². The lowest BCUT2D eigenvalue weighted by molar-refractivity contribution is -0.316. The van der Waals surface area contributed by atoms with Crippen LogP contribution < -0.4 is 0 Å². The molecule has 0 aliphatic heterocycles. The second-order valence-electron chi connectivity index (χ2n) is 2.75. The lowest BCUT2D eigenvalue weighted by Gasteiger charge is -2.18. The molecule has 0 aliphatic rings. The molecule has 0 saturated heterocycles. The first kappa shape index (κ1) is 12.3. The van der Waals surface area contributed by atoms with Crippen molar-refractivity contribution < 1.29 is 35.4 Å². The lowest BCUT2D eigenvalue weighted by Crippen LogP contribution is -2.38. The van der Waals surface area contributed by atoms with Gasteiger partial charge in [-0.05, 0) is 6.42 Å². The van der Waals surface area contributed by atoms with E-state index in [2.05, 4.69) is 0 Å². The van der Waals surface area contributed by atoms with Gasteiger partial charge in [0, 0.05) is 12.8 Å². The summed E-state index contributed by atoms with van der Waals surface area (Å²) in [7, 11) is 0. The van der Waals surface area contributed by atoms with Gasteiger partial charge in [0.1, 0.15) is 0 Å². The summed E-state index contributed by atoms with van der Waals surface area (Å²) in [6.07, 6.45) is -1.43. The highest BCUT2D eigenvalue weighted by atomic mass is 16.7. The van der Waals surface area contributed by atoms with Crippen molar-refractivity contribution in [2.45, 2.75) is 31.0 Å². The molecular weight excluding hydrogens is 184 g/mol. The third kappa shape index (κ3) is 5.50. The monoisotopic (exact) mass is 196 g/mol. The van der Waals surface area contributed by atoms with Crippen LogP contribution in [0.1, 0.15) is 19.3 Å². The molecule has 6 N–H and O–H groups in total. The molecule has 0 aromatic rings. The van der Waals surface area contributed by atoms with Crippen LogP contribution in [0, 0.1) is 0 Å². The second-order valence-corrected chi connectivity index (χ2v) is 2.75. The van der Waals surface area contributed by atoms with E-state index in [1.165, 1.54) is 0 Å². The largest absolute Gasteiger partial charge is 0.477 e. The maximum absolute atomic E-state index is 10.1. The number of hydrogen-bond acceptors (Lipinski definition) is 6. The number of hydrogen-bond donors (Lipinski definition) is 6. The summed E-state index contributed by atoms with van der Waals surface area (Å²) in [6, 6.07) is 0. The van der Waals surface area contributed by atoms with E-state index in [9.17, 15) is 4.79 Å². The molecule has 0 fully saturated rings. The van der Waals surface area contributed by atoms with E-state index in [1.54, 1.807) is 0 Å². The van der Waals surface area contributed by atoms with Gasteiger partial charge >= 0.3 is 5.97 Å². The fourth-order valence-corrected chi connectivity index (χ4v) is 0.679. The summed E-state index contributed by atoms with van der Waals surface area (Å²) in [5.74, 6) is -7.63. The Balaban J connectivity index is 3.84. The molecule has 0 atom stereocenters. The average molecular weight is 196 g/mol. The highest BCUT2D eigenvalue weighted by Crippen LogP contribution is 2.14. The van der Waals surface area contributed by atoms with Gasteiger partial charge in [0.15, 0.2) is 0 Å². The summed E-state index contributed by atoms with van der Waals surface area (Å²) in [5, 5.41) is 50.6. The highest BCUT2D eigenvalue weighted by molar-refractivity contribution is 5.74. The van der Waals surface area contributed by atoms with E-state index in [1.807, 2.05) is 0 Å². The molecule has 0 rings (SSSR count). The Morgan fingerprint density at radius 1 is 1.00 bits per heavy atom. The van der Waals surface area contributed by atoms with E-state index < -0.39 is 30.6 Å². The zero-order valence-electron chi connectivity index (χ0n) is 6.71. The van der Waals surface area contributed by atoms with Gasteiger partial charge in [0.25, 0.3) is 11.8 Å². The molecule has 0 bridgehead atoms. The smallest absolute Gasteiger partial charge is 0.364 e. The molecule has 7 heteroatoms. The molecule has 0 radical (unpaired) electrons. The van der Waals surface area contributed by atoms with Gasteiger partial charge in [-0.25, -0.2) is 4.79 Å². The minimum Gasteiger partial charge on any atom is -0.477 e. The molecule has 0 aromatic heterocycles.